The second-order valence-electron chi connectivity index (χ2n) is 3.90. The lowest BCUT2D eigenvalue weighted by Crippen LogP contribution is -1.47. The number of aryl methyl sites for hydroxylation is 2. The van der Waals surface area contributed by atoms with Crippen LogP contribution in [0.2, 0.25) is 0 Å². The standard InChI is InChI=1S/C6H8S.C6H6.C5H6.2C2H6/c1-5-3-4-6(2)7-5;1-2-4-6-5-3-1;1-2-4-5-3-1;2*1-2/h3-4H,1-2H3;1-6H;1-4H,5H2;2*1-2H3. The molecule has 0 fully saturated rings. The summed E-state index contributed by atoms with van der Waals surface area (Å²) in [5.41, 5.74) is 0. The predicted molar refractivity (Wildman–Crippen MR) is 106 cm³/mol. The first kappa shape index (κ1) is 22.7. The van der Waals surface area contributed by atoms with E-state index in [2.05, 4.69) is 50.3 Å². The van der Waals surface area contributed by atoms with E-state index in [1.807, 2.05) is 75.4 Å². The molecule has 0 radical (unpaired) electrons. The molecule has 0 saturated carbocycles. The van der Waals surface area contributed by atoms with E-state index in [1.54, 1.807) is 0 Å². The Hall–Kier alpha value is -1.60. The maximum atomic E-state index is 2.14. The average Bonchev–Trinajstić information content (AvgIpc) is 3.29. The average molecular weight is 317 g/mol. The van der Waals surface area contributed by atoms with Crippen molar-refractivity contribution in [1.29, 1.82) is 0 Å². The molecular formula is C21H32S. The van der Waals surface area contributed by atoms with Gasteiger partial charge in [-0.05, 0) is 32.4 Å². The Morgan fingerprint density at radius 2 is 0.955 bits per heavy atom. The molecule has 0 bridgehead atoms. The summed E-state index contributed by atoms with van der Waals surface area (Å²) in [4.78, 5) is 2.80. The second kappa shape index (κ2) is 19.4. The summed E-state index contributed by atoms with van der Waals surface area (Å²) in [5, 5.41) is 0. The van der Waals surface area contributed by atoms with Gasteiger partial charge >= 0.3 is 0 Å². The van der Waals surface area contributed by atoms with Crippen molar-refractivity contribution in [3.63, 3.8) is 0 Å². The molecule has 1 aliphatic rings. The topological polar surface area (TPSA) is 0 Å². The van der Waals surface area contributed by atoms with Crippen LogP contribution in [0, 0.1) is 13.8 Å². The zero-order valence-corrected chi connectivity index (χ0v) is 15.9. The van der Waals surface area contributed by atoms with Crippen molar-refractivity contribution in [3.8, 4) is 0 Å². The minimum Gasteiger partial charge on any atom is -0.146 e. The number of benzene rings is 1. The monoisotopic (exact) mass is 316 g/mol. The number of hydrogen-bond acceptors (Lipinski definition) is 1. The van der Waals surface area contributed by atoms with Crippen LogP contribution in [0.5, 0.6) is 0 Å². The summed E-state index contributed by atoms with van der Waals surface area (Å²) < 4.78 is 0. The minimum absolute atomic E-state index is 1.14. The van der Waals surface area contributed by atoms with Gasteiger partial charge in [-0.2, -0.15) is 0 Å². The fourth-order valence-electron chi connectivity index (χ4n) is 1.33. The fraction of sp³-hybridized carbons (Fsp3) is 0.333. The van der Waals surface area contributed by atoms with Crippen LogP contribution in [0.4, 0.5) is 0 Å². The molecule has 0 unspecified atom stereocenters. The van der Waals surface area contributed by atoms with Crippen molar-refractivity contribution in [1.82, 2.24) is 0 Å². The molecule has 22 heavy (non-hydrogen) atoms. The first-order valence-electron chi connectivity index (χ1n) is 8.14. The zero-order valence-electron chi connectivity index (χ0n) is 15.0. The molecular weight excluding hydrogens is 284 g/mol. The van der Waals surface area contributed by atoms with E-state index in [4.69, 9.17) is 0 Å². The molecule has 3 rings (SSSR count). The highest BCUT2D eigenvalue weighted by molar-refractivity contribution is 7.11. The Balaban J connectivity index is 0. The second-order valence-corrected chi connectivity index (χ2v) is 5.40. The molecule has 1 aromatic carbocycles. The van der Waals surface area contributed by atoms with Gasteiger partial charge in [-0.15, -0.1) is 11.3 Å². The Labute approximate surface area is 142 Å². The molecule has 0 nitrogen and oxygen atoms in total. The summed E-state index contributed by atoms with van der Waals surface area (Å²) in [7, 11) is 0. The Morgan fingerprint density at radius 3 is 1.09 bits per heavy atom. The highest BCUT2D eigenvalue weighted by Crippen LogP contribution is 2.12. The molecule has 122 valence electrons. The molecule has 0 N–H and O–H groups in total. The van der Waals surface area contributed by atoms with E-state index >= 15 is 0 Å². The van der Waals surface area contributed by atoms with Crippen LogP contribution in [0.15, 0.2) is 72.8 Å². The quantitative estimate of drug-likeness (QED) is 0.469. The van der Waals surface area contributed by atoms with E-state index in [0.717, 1.165) is 6.42 Å². The predicted octanol–water partition coefficient (Wildman–Crippen LogP) is 7.61. The third-order valence-electron chi connectivity index (χ3n) is 2.20. The lowest BCUT2D eigenvalue weighted by atomic mass is 10.4. The lowest BCUT2D eigenvalue weighted by Gasteiger charge is -1.71. The lowest BCUT2D eigenvalue weighted by molar-refractivity contribution is 1.45. The number of rotatable bonds is 0. The van der Waals surface area contributed by atoms with Crippen molar-refractivity contribution in [3.05, 3.63) is 82.6 Å². The van der Waals surface area contributed by atoms with E-state index < -0.39 is 0 Å². The van der Waals surface area contributed by atoms with Gasteiger partial charge in [0.1, 0.15) is 0 Å². The van der Waals surface area contributed by atoms with Gasteiger partial charge in [-0.25, -0.2) is 0 Å². The molecule has 1 heterocycles. The third-order valence-corrected chi connectivity index (χ3v) is 3.11. The van der Waals surface area contributed by atoms with E-state index in [0.29, 0.717) is 0 Å². The molecule has 0 amide bonds. The highest BCUT2D eigenvalue weighted by Gasteiger charge is 1.84. The highest BCUT2D eigenvalue weighted by atomic mass is 32.1. The molecule has 0 spiro atoms. The molecule has 0 atom stereocenters. The third kappa shape index (κ3) is 16.5. The molecule has 1 aromatic heterocycles. The maximum absolute atomic E-state index is 2.14. The van der Waals surface area contributed by atoms with Crippen molar-refractivity contribution in [2.24, 2.45) is 0 Å². The number of allylic oxidation sites excluding steroid dienone is 4. The summed E-state index contributed by atoms with van der Waals surface area (Å²) >= 11 is 1.84. The fourth-order valence-corrected chi connectivity index (χ4v) is 2.11. The van der Waals surface area contributed by atoms with Crippen LogP contribution in [0.3, 0.4) is 0 Å². The van der Waals surface area contributed by atoms with Crippen molar-refractivity contribution >= 4 is 11.3 Å². The number of hydrogen-bond donors (Lipinski definition) is 0. The number of thiophene rings is 1. The minimum atomic E-state index is 1.14. The van der Waals surface area contributed by atoms with Crippen molar-refractivity contribution in [2.45, 2.75) is 48.0 Å². The van der Waals surface area contributed by atoms with Gasteiger partial charge in [-0.1, -0.05) is 88.4 Å². The molecule has 1 heteroatoms. The van der Waals surface area contributed by atoms with Crippen LogP contribution in [0.1, 0.15) is 43.9 Å². The first-order valence-corrected chi connectivity index (χ1v) is 8.95. The van der Waals surface area contributed by atoms with Gasteiger partial charge in [0.05, 0.1) is 0 Å². The van der Waals surface area contributed by atoms with Crippen LogP contribution in [0.25, 0.3) is 0 Å². The Kier molecular flexibility index (Phi) is 20.0. The van der Waals surface area contributed by atoms with Gasteiger partial charge in [0.2, 0.25) is 0 Å². The van der Waals surface area contributed by atoms with Gasteiger partial charge in [0.25, 0.3) is 0 Å². The summed E-state index contributed by atoms with van der Waals surface area (Å²) in [5.74, 6) is 0. The molecule has 0 saturated heterocycles. The van der Waals surface area contributed by atoms with Gasteiger partial charge in [0.15, 0.2) is 0 Å². The van der Waals surface area contributed by atoms with Gasteiger partial charge in [-0.3, -0.25) is 0 Å². The Morgan fingerprint density at radius 1 is 0.636 bits per heavy atom. The smallest absolute Gasteiger partial charge is 0.00170 e. The van der Waals surface area contributed by atoms with Crippen LogP contribution in [-0.4, -0.2) is 0 Å². The SMILES string of the molecule is C1=CCC=C1.CC.CC.Cc1ccc(C)s1.c1ccccc1. The summed E-state index contributed by atoms with van der Waals surface area (Å²) in [6, 6.07) is 16.3. The largest absolute Gasteiger partial charge is 0.146 e. The van der Waals surface area contributed by atoms with E-state index in [9.17, 15) is 0 Å². The van der Waals surface area contributed by atoms with Crippen LogP contribution in [-0.2, 0) is 0 Å². The van der Waals surface area contributed by atoms with Gasteiger partial charge in [0, 0.05) is 9.75 Å². The van der Waals surface area contributed by atoms with Gasteiger partial charge < -0.3 is 0 Å². The maximum Gasteiger partial charge on any atom is 0.00170 e. The van der Waals surface area contributed by atoms with E-state index in [-0.39, 0.29) is 0 Å². The van der Waals surface area contributed by atoms with Crippen LogP contribution < -0.4 is 0 Å². The first-order chi connectivity index (χ1) is 10.8. The Bertz CT molecular complexity index is 410. The van der Waals surface area contributed by atoms with Crippen molar-refractivity contribution in [2.75, 3.05) is 0 Å². The molecule has 2 aromatic rings. The summed E-state index contributed by atoms with van der Waals surface area (Å²) in [6.07, 6.45) is 9.50. The zero-order chi connectivity index (χ0) is 17.1. The van der Waals surface area contributed by atoms with Crippen molar-refractivity contribution < 1.29 is 0 Å². The molecule has 0 aliphatic heterocycles. The molecule has 1 aliphatic carbocycles. The van der Waals surface area contributed by atoms with Crippen LogP contribution >= 0.6 is 11.3 Å². The van der Waals surface area contributed by atoms with E-state index in [1.165, 1.54) is 9.75 Å². The normalized spacial score (nSPS) is 9.73. The summed E-state index contributed by atoms with van der Waals surface area (Å²) in [6.45, 7) is 12.2.